The van der Waals surface area contributed by atoms with Crippen molar-refractivity contribution in [3.05, 3.63) is 5.01 Å². The molecule has 0 unspecified atom stereocenters. The number of carbonyl (C=O) groups excluding carboxylic acids is 1. The highest BCUT2D eigenvalue weighted by atomic mass is 32.2. The zero-order chi connectivity index (χ0) is 10.4. The Morgan fingerprint density at radius 1 is 1.71 bits per heavy atom. The predicted octanol–water partition coefficient (Wildman–Crippen LogP) is 1.44. The summed E-state index contributed by atoms with van der Waals surface area (Å²) in [7, 11) is 0. The summed E-state index contributed by atoms with van der Waals surface area (Å²) in [5, 5.41) is 7.75. The van der Waals surface area contributed by atoms with E-state index in [2.05, 4.69) is 16.1 Å². The summed E-state index contributed by atoms with van der Waals surface area (Å²) in [4.78, 5) is 11.2. The third-order valence-electron chi connectivity index (χ3n) is 1.14. The van der Waals surface area contributed by atoms with E-state index in [-0.39, 0.29) is 5.01 Å². The van der Waals surface area contributed by atoms with Gasteiger partial charge in [-0.15, -0.1) is 16.6 Å². The summed E-state index contributed by atoms with van der Waals surface area (Å²) in [6.07, 6.45) is 5.08. The first kappa shape index (κ1) is 11.0. The summed E-state index contributed by atoms with van der Waals surface area (Å²) >= 11 is 2.57. The van der Waals surface area contributed by atoms with Crippen molar-refractivity contribution in [2.24, 2.45) is 0 Å². The minimum atomic E-state index is -0.433. The van der Waals surface area contributed by atoms with Crippen LogP contribution in [0.4, 0.5) is 0 Å². The number of rotatable bonds is 4. The Labute approximate surface area is 90.1 Å². The van der Waals surface area contributed by atoms with Crippen LogP contribution in [0.25, 0.3) is 0 Å². The Morgan fingerprint density at radius 2 is 2.50 bits per heavy atom. The van der Waals surface area contributed by atoms with Gasteiger partial charge in [-0.1, -0.05) is 29.0 Å². The van der Waals surface area contributed by atoms with Crippen molar-refractivity contribution in [1.82, 2.24) is 10.2 Å². The maximum atomic E-state index is 11.2. The molecule has 1 aromatic rings. The van der Waals surface area contributed by atoms with E-state index >= 15 is 0 Å². The van der Waals surface area contributed by atoms with Crippen molar-refractivity contribution in [3.63, 3.8) is 0 Å². The molecule has 74 valence electrons. The highest BCUT2D eigenvalue weighted by Gasteiger charge is 2.13. The summed E-state index contributed by atoms with van der Waals surface area (Å²) in [5.41, 5.74) is 0. The number of nitrogens with zero attached hydrogens (tertiary/aromatic N) is 2. The van der Waals surface area contributed by atoms with Crippen LogP contribution in [0.2, 0.25) is 0 Å². The van der Waals surface area contributed by atoms with Crippen LogP contribution >= 0.6 is 23.1 Å². The number of carbonyl (C=O) groups is 1. The number of thioether (sulfide) groups is 1. The van der Waals surface area contributed by atoms with E-state index in [1.54, 1.807) is 6.92 Å². The van der Waals surface area contributed by atoms with Gasteiger partial charge in [0.05, 0.1) is 12.4 Å². The third-order valence-corrected chi connectivity index (χ3v) is 3.08. The van der Waals surface area contributed by atoms with Crippen molar-refractivity contribution in [2.45, 2.75) is 11.3 Å². The van der Waals surface area contributed by atoms with Gasteiger partial charge in [0.25, 0.3) is 0 Å². The second kappa shape index (κ2) is 5.62. The highest BCUT2D eigenvalue weighted by molar-refractivity contribution is 8.01. The Morgan fingerprint density at radius 3 is 3.14 bits per heavy atom. The van der Waals surface area contributed by atoms with Gasteiger partial charge < -0.3 is 4.74 Å². The monoisotopic (exact) mass is 228 g/mol. The minimum Gasteiger partial charge on any atom is -0.461 e. The Hall–Kier alpha value is -1.06. The topological polar surface area (TPSA) is 52.1 Å². The predicted molar refractivity (Wildman–Crippen MR) is 55.4 cm³/mol. The van der Waals surface area contributed by atoms with Crippen LogP contribution in [0, 0.1) is 12.3 Å². The van der Waals surface area contributed by atoms with Crippen LogP contribution in [0.3, 0.4) is 0 Å². The van der Waals surface area contributed by atoms with E-state index in [4.69, 9.17) is 11.2 Å². The lowest BCUT2D eigenvalue weighted by Crippen LogP contribution is -2.03. The molecule has 0 saturated heterocycles. The highest BCUT2D eigenvalue weighted by Crippen LogP contribution is 2.22. The number of esters is 1. The molecule has 0 fully saturated rings. The number of hydrogen-bond donors (Lipinski definition) is 0. The fourth-order valence-electron chi connectivity index (χ4n) is 0.647. The normalized spacial score (nSPS) is 9.43. The lowest BCUT2D eigenvalue weighted by Gasteiger charge is -1.94. The van der Waals surface area contributed by atoms with Gasteiger partial charge in [0.2, 0.25) is 5.01 Å². The van der Waals surface area contributed by atoms with Crippen LogP contribution in [-0.2, 0) is 4.74 Å². The van der Waals surface area contributed by atoms with Crippen LogP contribution in [0.1, 0.15) is 16.7 Å². The molecule has 6 heteroatoms. The first-order valence-electron chi connectivity index (χ1n) is 3.84. The zero-order valence-corrected chi connectivity index (χ0v) is 9.15. The molecule has 0 spiro atoms. The van der Waals surface area contributed by atoms with E-state index in [9.17, 15) is 4.79 Å². The van der Waals surface area contributed by atoms with E-state index in [0.717, 1.165) is 0 Å². The lowest BCUT2D eigenvalue weighted by molar-refractivity contribution is 0.0525. The van der Waals surface area contributed by atoms with Crippen LogP contribution in [-0.4, -0.2) is 28.5 Å². The largest absolute Gasteiger partial charge is 0.461 e. The molecule has 0 aliphatic rings. The fraction of sp³-hybridized carbons (Fsp3) is 0.375. The second-order valence-corrected chi connectivity index (χ2v) is 4.29. The molecule has 0 atom stereocenters. The second-order valence-electron chi connectivity index (χ2n) is 2.09. The van der Waals surface area contributed by atoms with Gasteiger partial charge in [-0.3, -0.25) is 0 Å². The molecule has 1 aromatic heterocycles. The molecule has 0 aliphatic carbocycles. The molecule has 14 heavy (non-hydrogen) atoms. The fourth-order valence-corrected chi connectivity index (χ4v) is 2.07. The van der Waals surface area contributed by atoms with Gasteiger partial charge in [-0.2, -0.15) is 0 Å². The van der Waals surface area contributed by atoms with Gasteiger partial charge >= 0.3 is 5.97 Å². The van der Waals surface area contributed by atoms with Crippen molar-refractivity contribution in [2.75, 3.05) is 12.4 Å². The van der Waals surface area contributed by atoms with Crippen LogP contribution < -0.4 is 0 Å². The molecule has 0 aromatic carbocycles. The van der Waals surface area contributed by atoms with Crippen molar-refractivity contribution in [3.8, 4) is 12.3 Å². The molecule has 0 bridgehead atoms. The number of terminal acetylenes is 1. The van der Waals surface area contributed by atoms with Crippen molar-refractivity contribution in [1.29, 1.82) is 0 Å². The molecular formula is C8H8N2O2S2. The number of aromatic nitrogens is 2. The van der Waals surface area contributed by atoms with Gasteiger partial charge in [-0.05, 0) is 6.92 Å². The maximum absolute atomic E-state index is 11.2. The van der Waals surface area contributed by atoms with Crippen molar-refractivity contribution < 1.29 is 9.53 Å². The molecule has 0 aliphatic heterocycles. The number of hydrogen-bond acceptors (Lipinski definition) is 6. The molecule has 0 radical (unpaired) electrons. The van der Waals surface area contributed by atoms with Crippen LogP contribution in [0.15, 0.2) is 4.34 Å². The van der Waals surface area contributed by atoms with Crippen molar-refractivity contribution >= 4 is 29.1 Å². The lowest BCUT2D eigenvalue weighted by atomic mass is 10.7. The summed E-state index contributed by atoms with van der Waals surface area (Å²) in [6, 6.07) is 0. The maximum Gasteiger partial charge on any atom is 0.369 e. The van der Waals surface area contributed by atoms with Gasteiger partial charge in [0.15, 0.2) is 4.34 Å². The van der Waals surface area contributed by atoms with Crippen LogP contribution in [0.5, 0.6) is 0 Å². The summed E-state index contributed by atoms with van der Waals surface area (Å²) in [5.74, 6) is 2.56. The molecule has 0 saturated carbocycles. The molecule has 0 amide bonds. The zero-order valence-electron chi connectivity index (χ0n) is 7.52. The molecule has 1 rings (SSSR count). The average Bonchev–Trinajstić information content (AvgIpc) is 2.63. The quantitative estimate of drug-likeness (QED) is 0.443. The first-order chi connectivity index (χ1) is 6.77. The Bertz CT molecular complexity index is 356. The van der Waals surface area contributed by atoms with E-state index in [1.807, 2.05) is 0 Å². The summed E-state index contributed by atoms with van der Waals surface area (Å²) < 4.78 is 5.45. The van der Waals surface area contributed by atoms with E-state index < -0.39 is 5.97 Å². The number of ether oxygens (including phenoxy) is 1. The molecule has 0 N–H and O–H groups in total. The molecule has 1 heterocycles. The van der Waals surface area contributed by atoms with E-state index in [0.29, 0.717) is 16.7 Å². The van der Waals surface area contributed by atoms with Gasteiger partial charge in [0, 0.05) is 0 Å². The van der Waals surface area contributed by atoms with Gasteiger partial charge in [0.1, 0.15) is 0 Å². The van der Waals surface area contributed by atoms with Gasteiger partial charge in [-0.25, -0.2) is 4.79 Å². The third kappa shape index (κ3) is 3.01. The SMILES string of the molecule is C#CCSc1nnc(C(=O)OCC)s1. The Balaban J connectivity index is 2.59. The molecular weight excluding hydrogens is 220 g/mol. The standard InChI is InChI=1S/C8H8N2O2S2/c1-3-5-13-8-10-9-6(14-8)7(11)12-4-2/h1H,4-5H2,2H3. The smallest absolute Gasteiger partial charge is 0.369 e. The molecule has 4 nitrogen and oxygen atoms in total. The Kier molecular flexibility index (Phi) is 4.43. The minimum absolute atomic E-state index is 0.270. The average molecular weight is 228 g/mol. The first-order valence-corrected chi connectivity index (χ1v) is 5.65. The summed E-state index contributed by atoms with van der Waals surface area (Å²) in [6.45, 7) is 2.08. The van der Waals surface area contributed by atoms with E-state index in [1.165, 1.54) is 23.1 Å².